The van der Waals surface area contributed by atoms with Gasteiger partial charge in [-0.3, -0.25) is 9.59 Å². The molecule has 41 heavy (non-hydrogen) atoms. The first kappa shape index (κ1) is 27.1. The Bertz CT molecular complexity index is 1600. The van der Waals surface area contributed by atoms with Gasteiger partial charge in [-0.15, -0.1) is 10.2 Å². The Morgan fingerprint density at radius 2 is 1.85 bits per heavy atom. The van der Waals surface area contributed by atoms with Gasteiger partial charge in [-0.05, 0) is 43.7 Å². The van der Waals surface area contributed by atoms with E-state index in [9.17, 15) is 9.59 Å². The topological polar surface area (TPSA) is 115 Å². The summed E-state index contributed by atoms with van der Waals surface area (Å²) in [5.74, 6) is 2.66. The summed E-state index contributed by atoms with van der Waals surface area (Å²) in [6, 6.07) is 13.5. The maximum Gasteiger partial charge on any atom is 0.235 e. The maximum atomic E-state index is 12.4. The highest BCUT2D eigenvalue weighted by atomic mass is 32.1. The number of hydrogen-bond donors (Lipinski definition) is 0. The smallest absolute Gasteiger partial charge is 0.235 e. The van der Waals surface area contributed by atoms with Gasteiger partial charge < -0.3 is 19.1 Å². The second-order valence-electron chi connectivity index (χ2n) is 11.4. The predicted octanol–water partition coefficient (Wildman–Crippen LogP) is 5.41. The first-order valence-electron chi connectivity index (χ1n) is 13.8. The van der Waals surface area contributed by atoms with Crippen molar-refractivity contribution in [3.05, 3.63) is 58.9 Å². The van der Waals surface area contributed by atoms with Gasteiger partial charge in [0.05, 0.1) is 5.41 Å². The Balaban J connectivity index is 1.28. The number of amides is 2. The molecule has 1 unspecified atom stereocenters. The molecule has 4 aromatic rings. The number of likely N-dealkylation sites (N-methyl/N-ethyl adjacent to an activating group) is 1. The minimum atomic E-state index is -0.531. The van der Waals surface area contributed by atoms with Crippen LogP contribution in [-0.4, -0.2) is 62.1 Å². The third kappa shape index (κ3) is 5.46. The summed E-state index contributed by atoms with van der Waals surface area (Å²) in [6.07, 6.45) is 1.76. The fourth-order valence-electron chi connectivity index (χ4n) is 5.24. The average Bonchev–Trinajstić information content (AvgIpc) is 3.75. The van der Waals surface area contributed by atoms with Crippen LogP contribution in [0, 0.1) is 0 Å². The van der Waals surface area contributed by atoms with E-state index in [1.807, 2.05) is 54.3 Å². The van der Waals surface area contributed by atoms with E-state index in [2.05, 4.69) is 34.2 Å². The third-order valence-corrected chi connectivity index (χ3v) is 8.89. The molecular formula is C30H32N6O4S. The van der Waals surface area contributed by atoms with Crippen molar-refractivity contribution < 1.29 is 18.8 Å². The standard InChI is InChI=1S/C30H32N6O4S/c1-18(2)27-32-33-28(41-27)19-9-11-22(12-10-19)39-23-14-20(7-8-21(23)16-36-13-5-6-24(36)37)26-31-29(40-34-26)30(3)15-25(38)35(4)17-30/h7-12,14,18H,5-6,13,15-17H2,1-4H3. The van der Waals surface area contributed by atoms with E-state index < -0.39 is 5.41 Å². The second-order valence-corrected chi connectivity index (χ2v) is 12.4. The van der Waals surface area contributed by atoms with Crippen molar-refractivity contribution in [3.63, 3.8) is 0 Å². The number of hydrogen-bond acceptors (Lipinski definition) is 9. The summed E-state index contributed by atoms with van der Waals surface area (Å²) in [7, 11) is 1.78. The number of ether oxygens (including phenoxy) is 1. The largest absolute Gasteiger partial charge is 0.457 e. The van der Waals surface area contributed by atoms with Crippen LogP contribution >= 0.6 is 11.3 Å². The van der Waals surface area contributed by atoms with Gasteiger partial charge in [0.15, 0.2) is 0 Å². The molecule has 0 bridgehead atoms. The highest BCUT2D eigenvalue weighted by molar-refractivity contribution is 7.14. The Labute approximate surface area is 242 Å². The molecule has 2 aromatic heterocycles. The van der Waals surface area contributed by atoms with Crippen LogP contribution in [0.5, 0.6) is 11.5 Å². The highest BCUT2D eigenvalue weighted by Gasteiger charge is 2.43. The molecule has 212 valence electrons. The molecule has 2 aromatic carbocycles. The molecule has 4 heterocycles. The summed E-state index contributed by atoms with van der Waals surface area (Å²) < 4.78 is 12.0. The van der Waals surface area contributed by atoms with Crippen LogP contribution in [0.4, 0.5) is 0 Å². The number of aromatic nitrogens is 4. The van der Waals surface area contributed by atoms with Crippen LogP contribution in [0.25, 0.3) is 22.0 Å². The number of carbonyl (C=O) groups is 2. The van der Waals surface area contributed by atoms with E-state index in [0.717, 1.165) is 39.7 Å². The molecule has 0 spiro atoms. The zero-order chi connectivity index (χ0) is 28.7. The number of carbonyl (C=O) groups excluding carboxylic acids is 2. The van der Waals surface area contributed by atoms with Gasteiger partial charge >= 0.3 is 0 Å². The van der Waals surface area contributed by atoms with Gasteiger partial charge in [-0.1, -0.05) is 42.5 Å². The van der Waals surface area contributed by atoms with Crippen LogP contribution in [-0.2, 0) is 21.5 Å². The fraction of sp³-hybridized carbons (Fsp3) is 0.400. The molecule has 0 radical (unpaired) electrons. The van der Waals surface area contributed by atoms with Crippen LogP contribution in [0.2, 0.25) is 0 Å². The van der Waals surface area contributed by atoms with E-state index in [1.165, 1.54) is 0 Å². The van der Waals surface area contributed by atoms with Crippen LogP contribution in [0.3, 0.4) is 0 Å². The van der Waals surface area contributed by atoms with Gasteiger partial charge in [0, 0.05) is 62.1 Å². The summed E-state index contributed by atoms with van der Waals surface area (Å²) in [6.45, 7) is 7.88. The molecule has 2 aliphatic heterocycles. The van der Waals surface area contributed by atoms with E-state index in [0.29, 0.717) is 55.1 Å². The molecule has 0 aliphatic carbocycles. The van der Waals surface area contributed by atoms with Crippen LogP contribution in [0.15, 0.2) is 47.0 Å². The van der Waals surface area contributed by atoms with Gasteiger partial charge in [0.1, 0.15) is 21.5 Å². The van der Waals surface area contributed by atoms with E-state index in [-0.39, 0.29) is 11.8 Å². The Morgan fingerprint density at radius 1 is 1.07 bits per heavy atom. The predicted molar refractivity (Wildman–Crippen MR) is 153 cm³/mol. The summed E-state index contributed by atoms with van der Waals surface area (Å²) >= 11 is 1.59. The Hall–Kier alpha value is -4.12. The molecule has 2 saturated heterocycles. The quantitative estimate of drug-likeness (QED) is 0.275. The van der Waals surface area contributed by atoms with Crippen molar-refractivity contribution in [2.45, 2.75) is 57.9 Å². The number of likely N-dealkylation sites (tertiary alicyclic amines) is 2. The number of nitrogens with zero attached hydrogens (tertiary/aromatic N) is 6. The highest BCUT2D eigenvalue weighted by Crippen LogP contribution is 2.36. The molecule has 2 fully saturated rings. The zero-order valence-corrected chi connectivity index (χ0v) is 24.4. The molecule has 1 atom stereocenters. The SMILES string of the molecule is CC(C)c1nnc(-c2ccc(Oc3cc(-c4noc(C5(C)CC(=O)N(C)C5)n4)ccc3CN3CCCC3=O)cc2)s1. The van der Waals surface area contributed by atoms with Gasteiger partial charge in [0.25, 0.3) is 0 Å². The molecule has 6 rings (SSSR count). The van der Waals surface area contributed by atoms with Crippen molar-refractivity contribution in [2.24, 2.45) is 0 Å². The number of rotatable bonds is 8. The molecule has 0 saturated carbocycles. The van der Waals surface area contributed by atoms with Crippen molar-refractivity contribution in [1.82, 2.24) is 30.1 Å². The molecule has 2 amide bonds. The minimum absolute atomic E-state index is 0.0567. The van der Waals surface area contributed by atoms with Crippen molar-refractivity contribution in [1.29, 1.82) is 0 Å². The van der Waals surface area contributed by atoms with E-state index in [4.69, 9.17) is 9.26 Å². The van der Waals surface area contributed by atoms with Crippen LogP contribution in [0.1, 0.15) is 62.4 Å². The Morgan fingerprint density at radius 3 is 2.51 bits per heavy atom. The molecule has 10 nitrogen and oxygen atoms in total. The summed E-state index contributed by atoms with van der Waals surface area (Å²) in [4.78, 5) is 32.8. The molecular weight excluding hydrogens is 540 g/mol. The maximum absolute atomic E-state index is 12.4. The zero-order valence-electron chi connectivity index (χ0n) is 23.6. The van der Waals surface area contributed by atoms with Crippen molar-refractivity contribution >= 4 is 23.2 Å². The van der Waals surface area contributed by atoms with Crippen LogP contribution < -0.4 is 4.74 Å². The first-order chi connectivity index (χ1) is 19.7. The molecule has 2 aliphatic rings. The average molecular weight is 573 g/mol. The first-order valence-corrected chi connectivity index (χ1v) is 14.6. The lowest BCUT2D eigenvalue weighted by molar-refractivity contribution is -0.128. The lowest BCUT2D eigenvalue weighted by Gasteiger charge is -2.19. The molecule has 0 N–H and O–H groups in total. The minimum Gasteiger partial charge on any atom is -0.457 e. The van der Waals surface area contributed by atoms with Crippen molar-refractivity contribution in [3.8, 4) is 33.5 Å². The summed E-state index contributed by atoms with van der Waals surface area (Å²) in [5, 5.41) is 14.7. The van der Waals surface area contributed by atoms with Gasteiger partial charge in [0.2, 0.25) is 23.5 Å². The molecule has 11 heteroatoms. The second kappa shape index (κ2) is 10.7. The Kier molecular flexibility index (Phi) is 7.06. The summed E-state index contributed by atoms with van der Waals surface area (Å²) in [5.41, 5.74) is 2.05. The number of benzene rings is 2. The monoisotopic (exact) mass is 572 g/mol. The third-order valence-electron chi connectivity index (χ3n) is 7.62. The van der Waals surface area contributed by atoms with Gasteiger partial charge in [-0.25, -0.2) is 0 Å². The van der Waals surface area contributed by atoms with Crippen molar-refractivity contribution in [2.75, 3.05) is 20.1 Å². The van der Waals surface area contributed by atoms with E-state index in [1.54, 1.807) is 23.3 Å². The van der Waals surface area contributed by atoms with Gasteiger partial charge in [-0.2, -0.15) is 4.98 Å². The van der Waals surface area contributed by atoms with E-state index >= 15 is 0 Å². The lowest BCUT2D eigenvalue weighted by atomic mass is 9.89. The normalized spacial score (nSPS) is 19.1. The fourth-order valence-corrected chi connectivity index (χ4v) is 6.09. The lowest BCUT2D eigenvalue weighted by Crippen LogP contribution is -2.26.